The van der Waals surface area contributed by atoms with Gasteiger partial charge in [0.05, 0.1) is 15.6 Å². The van der Waals surface area contributed by atoms with Gasteiger partial charge in [0.25, 0.3) is 15.9 Å². The second-order valence-electron chi connectivity index (χ2n) is 8.61. The summed E-state index contributed by atoms with van der Waals surface area (Å²) < 4.78 is 46.5. The number of para-hydroxylation sites is 1. The lowest BCUT2D eigenvalue weighted by Crippen LogP contribution is -2.31. The lowest BCUT2D eigenvalue weighted by atomic mass is 9.98. The molecular weight excluding hydrogens is 542 g/mol. The molecule has 196 valence electrons. The molecule has 0 saturated carbocycles. The van der Waals surface area contributed by atoms with Crippen molar-refractivity contribution < 1.29 is 27.1 Å². The zero-order valence-electron chi connectivity index (χ0n) is 20.4. The van der Waals surface area contributed by atoms with E-state index in [0.717, 1.165) is 35.4 Å². The highest BCUT2D eigenvalue weighted by Gasteiger charge is 2.26. The highest BCUT2D eigenvalue weighted by Crippen LogP contribution is 2.31. The molecule has 0 spiro atoms. The summed E-state index contributed by atoms with van der Waals surface area (Å²) in [5.41, 5.74) is 2.19. The molecule has 3 aromatic carbocycles. The SMILES string of the molecule is Cc1cccc(C(C)C)c1NC(=O)[C@H](C)OC(=O)c1cc(S(=O)(=O)Nc2ccc(F)cc2)c(Cl)cc1Cl. The molecular formula is C26H25Cl2FN2O5S. The molecule has 0 aliphatic rings. The van der Waals surface area contributed by atoms with Crippen LogP contribution >= 0.6 is 23.2 Å². The average molecular weight is 567 g/mol. The Morgan fingerprint density at radius 2 is 1.62 bits per heavy atom. The number of rotatable bonds is 8. The number of ether oxygens (including phenoxy) is 1. The molecule has 3 rings (SSSR count). The van der Waals surface area contributed by atoms with E-state index in [2.05, 4.69) is 10.0 Å². The van der Waals surface area contributed by atoms with Gasteiger partial charge in [0.15, 0.2) is 6.10 Å². The van der Waals surface area contributed by atoms with Crippen molar-refractivity contribution in [3.63, 3.8) is 0 Å². The number of esters is 1. The maximum Gasteiger partial charge on any atom is 0.340 e. The van der Waals surface area contributed by atoms with Gasteiger partial charge in [-0.15, -0.1) is 0 Å². The number of hydrogen-bond acceptors (Lipinski definition) is 5. The normalized spacial score (nSPS) is 12.2. The van der Waals surface area contributed by atoms with E-state index in [1.807, 2.05) is 39.0 Å². The minimum atomic E-state index is -4.28. The number of halogens is 3. The van der Waals surface area contributed by atoms with Crippen molar-refractivity contribution in [2.24, 2.45) is 0 Å². The molecule has 0 bridgehead atoms. The first-order valence-corrected chi connectivity index (χ1v) is 13.4. The first-order chi connectivity index (χ1) is 17.3. The van der Waals surface area contributed by atoms with E-state index < -0.39 is 38.7 Å². The van der Waals surface area contributed by atoms with Crippen molar-refractivity contribution in [2.75, 3.05) is 10.0 Å². The molecule has 0 fully saturated rings. The Morgan fingerprint density at radius 3 is 2.24 bits per heavy atom. The third kappa shape index (κ3) is 6.80. The quantitative estimate of drug-likeness (QED) is 0.301. The van der Waals surface area contributed by atoms with Crippen molar-refractivity contribution >= 4 is 56.5 Å². The number of hydrogen-bond donors (Lipinski definition) is 2. The van der Waals surface area contributed by atoms with E-state index in [0.29, 0.717) is 5.69 Å². The summed E-state index contributed by atoms with van der Waals surface area (Å²) in [7, 11) is -4.28. The van der Waals surface area contributed by atoms with Gasteiger partial charge in [-0.05, 0) is 67.3 Å². The van der Waals surface area contributed by atoms with Crippen LogP contribution in [0.3, 0.4) is 0 Å². The van der Waals surface area contributed by atoms with Gasteiger partial charge in [-0.1, -0.05) is 55.2 Å². The molecule has 3 aromatic rings. The number of sulfonamides is 1. The predicted octanol–water partition coefficient (Wildman–Crippen LogP) is 6.55. The lowest BCUT2D eigenvalue weighted by Gasteiger charge is -2.19. The minimum absolute atomic E-state index is 0.0822. The first kappa shape index (κ1) is 28.4. The van der Waals surface area contributed by atoms with Gasteiger partial charge in [0.2, 0.25) is 0 Å². The number of amides is 1. The second kappa shape index (κ2) is 11.5. The highest BCUT2D eigenvalue weighted by atomic mass is 35.5. The Kier molecular flexibility index (Phi) is 8.84. The van der Waals surface area contributed by atoms with Crippen molar-refractivity contribution in [2.45, 2.75) is 44.6 Å². The summed E-state index contributed by atoms with van der Waals surface area (Å²) in [6, 6.07) is 12.3. The van der Waals surface area contributed by atoms with Gasteiger partial charge in [-0.2, -0.15) is 0 Å². The molecule has 7 nitrogen and oxygen atoms in total. The monoisotopic (exact) mass is 566 g/mol. The van der Waals surface area contributed by atoms with Crippen LogP contribution in [0.15, 0.2) is 59.5 Å². The van der Waals surface area contributed by atoms with Crippen LogP contribution in [-0.2, 0) is 19.6 Å². The van der Waals surface area contributed by atoms with Gasteiger partial charge in [-0.25, -0.2) is 17.6 Å². The number of carbonyl (C=O) groups is 2. The third-order valence-electron chi connectivity index (χ3n) is 5.46. The number of anilines is 2. The Morgan fingerprint density at radius 1 is 0.973 bits per heavy atom. The Bertz CT molecular complexity index is 1440. The van der Waals surface area contributed by atoms with Crippen LogP contribution in [0, 0.1) is 12.7 Å². The fourth-order valence-corrected chi connectivity index (χ4v) is 5.37. The van der Waals surface area contributed by atoms with E-state index in [1.54, 1.807) is 0 Å². The largest absolute Gasteiger partial charge is 0.449 e. The van der Waals surface area contributed by atoms with Crippen LogP contribution in [-0.4, -0.2) is 26.4 Å². The molecule has 11 heteroatoms. The average Bonchev–Trinajstić information content (AvgIpc) is 2.81. The van der Waals surface area contributed by atoms with E-state index >= 15 is 0 Å². The van der Waals surface area contributed by atoms with Crippen LogP contribution in [0.1, 0.15) is 48.2 Å². The standard InChI is InChI=1S/C26H25Cl2FN2O5S/c1-14(2)19-7-5-6-15(3)24(19)30-25(32)16(4)36-26(33)20-12-23(22(28)13-21(20)27)37(34,35)31-18-10-8-17(29)9-11-18/h5-14,16,31H,1-4H3,(H,30,32)/t16-/m0/s1. The number of carbonyl (C=O) groups excluding carboxylic acids is 2. The molecule has 0 unspecified atom stereocenters. The van der Waals surface area contributed by atoms with Gasteiger partial charge in [0.1, 0.15) is 10.7 Å². The second-order valence-corrected chi connectivity index (χ2v) is 11.1. The summed E-state index contributed by atoms with van der Waals surface area (Å²) in [5, 5.41) is 2.39. The molecule has 0 aromatic heterocycles. The predicted molar refractivity (Wildman–Crippen MR) is 142 cm³/mol. The Balaban J connectivity index is 1.82. The van der Waals surface area contributed by atoms with Gasteiger partial charge < -0.3 is 10.1 Å². The first-order valence-electron chi connectivity index (χ1n) is 11.2. The molecule has 0 heterocycles. The van der Waals surface area contributed by atoms with Gasteiger partial charge in [-0.3, -0.25) is 9.52 Å². The summed E-state index contributed by atoms with van der Waals surface area (Å²) >= 11 is 12.3. The van der Waals surface area contributed by atoms with Crippen LogP contribution in [0.25, 0.3) is 0 Å². The molecule has 37 heavy (non-hydrogen) atoms. The molecule has 2 N–H and O–H groups in total. The van der Waals surface area contributed by atoms with Crippen molar-refractivity contribution in [1.82, 2.24) is 0 Å². The molecule has 0 aliphatic carbocycles. The summed E-state index contributed by atoms with van der Waals surface area (Å²) in [6.07, 6.45) is -1.23. The summed E-state index contributed by atoms with van der Waals surface area (Å²) in [4.78, 5) is 25.2. The van der Waals surface area contributed by atoms with Gasteiger partial charge >= 0.3 is 5.97 Å². The molecule has 1 amide bonds. The minimum Gasteiger partial charge on any atom is -0.449 e. The number of nitrogens with one attached hydrogen (secondary N) is 2. The smallest absolute Gasteiger partial charge is 0.340 e. The van der Waals surface area contributed by atoms with Crippen molar-refractivity contribution in [1.29, 1.82) is 0 Å². The number of benzene rings is 3. The Hall–Kier alpha value is -3.14. The fraction of sp³-hybridized carbons (Fsp3) is 0.231. The van der Waals surface area contributed by atoms with Crippen LogP contribution in [0.2, 0.25) is 10.0 Å². The molecule has 0 saturated heterocycles. The third-order valence-corrected chi connectivity index (χ3v) is 7.61. The van der Waals surface area contributed by atoms with E-state index in [9.17, 15) is 22.4 Å². The maximum absolute atomic E-state index is 13.2. The zero-order valence-corrected chi connectivity index (χ0v) is 22.8. The number of aryl methyl sites for hydroxylation is 1. The topological polar surface area (TPSA) is 102 Å². The lowest BCUT2D eigenvalue weighted by molar-refractivity contribution is -0.123. The fourth-order valence-electron chi connectivity index (χ4n) is 3.46. The van der Waals surface area contributed by atoms with E-state index in [1.165, 1.54) is 19.1 Å². The van der Waals surface area contributed by atoms with Gasteiger partial charge in [0, 0.05) is 11.4 Å². The molecule has 1 atom stereocenters. The van der Waals surface area contributed by atoms with E-state index in [4.69, 9.17) is 27.9 Å². The summed E-state index contributed by atoms with van der Waals surface area (Å²) in [6.45, 7) is 7.23. The zero-order chi connectivity index (χ0) is 27.5. The van der Waals surface area contributed by atoms with Crippen molar-refractivity contribution in [3.05, 3.63) is 87.2 Å². The van der Waals surface area contributed by atoms with E-state index in [-0.39, 0.29) is 27.2 Å². The highest BCUT2D eigenvalue weighted by molar-refractivity contribution is 7.92. The molecule has 0 radical (unpaired) electrons. The Labute approximate surface area is 225 Å². The maximum atomic E-state index is 13.2. The van der Waals surface area contributed by atoms with Crippen LogP contribution in [0.5, 0.6) is 0 Å². The van der Waals surface area contributed by atoms with Crippen LogP contribution in [0.4, 0.5) is 15.8 Å². The van der Waals surface area contributed by atoms with Crippen molar-refractivity contribution in [3.8, 4) is 0 Å². The van der Waals surface area contributed by atoms with Crippen LogP contribution < -0.4 is 10.0 Å². The summed E-state index contributed by atoms with van der Waals surface area (Å²) in [5.74, 6) is -1.99. The molecule has 0 aliphatic heterocycles.